The van der Waals surface area contributed by atoms with E-state index in [-0.39, 0.29) is 16.8 Å². The fourth-order valence-corrected chi connectivity index (χ4v) is 3.17. The van der Waals surface area contributed by atoms with Crippen molar-refractivity contribution in [2.24, 2.45) is 5.10 Å². The smallest absolute Gasteiger partial charge is 0.292 e. The van der Waals surface area contributed by atoms with Gasteiger partial charge in [-0.15, -0.1) is 0 Å². The Morgan fingerprint density at radius 3 is 2.61 bits per heavy atom. The minimum Gasteiger partial charge on any atom is -0.497 e. The van der Waals surface area contributed by atoms with Crippen LogP contribution in [0.5, 0.6) is 11.5 Å². The molecule has 0 bridgehead atoms. The predicted molar refractivity (Wildman–Crippen MR) is 124 cm³/mol. The second-order valence-electron chi connectivity index (χ2n) is 6.92. The number of benzene rings is 2. The number of aryl methyl sites for hydroxylation is 1. The molecule has 10 heteroatoms. The van der Waals surface area contributed by atoms with Gasteiger partial charge in [0.05, 0.1) is 26.1 Å². The molecule has 9 nitrogen and oxygen atoms in total. The second-order valence-corrected chi connectivity index (χ2v) is 7.33. The first kappa shape index (κ1) is 23.5. The van der Waals surface area contributed by atoms with Gasteiger partial charge < -0.3 is 9.47 Å². The van der Waals surface area contributed by atoms with Crippen LogP contribution in [0.25, 0.3) is 5.69 Å². The van der Waals surface area contributed by atoms with Gasteiger partial charge >= 0.3 is 0 Å². The van der Waals surface area contributed by atoms with Gasteiger partial charge in [-0.1, -0.05) is 17.7 Å². The first-order valence-electron chi connectivity index (χ1n) is 9.66. The van der Waals surface area contributed by atoms with E-state index >= 15 is 0 Å². The molecular formula is C23H20ClN5O4. The Hall–Kier alpha value is -4.16. The van der Waals surface area contributed by atoms with Gasteiger partial charge in [-0.25, -0.2) is 5.43 Å². The number of aromatic nitrogens is 2. The van der Waals surface area contributed by atoms with E-state index in [1.807, 2.05) is 13.0 Å². The maximum absolute atomic E-state index is 12.8. The lowest BCUT2D eigenvalue weighted by atomic mass is 10.1. The quantitative estimate of drug-likeness (QED) is 0.441. The van der Waals surface area contributed by atoms with Crippen LogP contribution >= 0.6 is 11.6 Å². The molecule has 1 amide bonds. The largest absolute Gasteiger partial charge is 0.497 e. The number of amides is 1. The molecule has 0 aliphatic rings. The molecule has 0 saturated carbocycles. The highest BCUT2D eigenvalue weighted by atomic mass is 35.5. The molecule has 0 aliphatic heterocycles. The van der Waals surface area contributed by atoms with Gasteiger partial charge in [0.1, 0.15) is 23.1 Å². The molecular weight excluding hydrogens is 446 g/mol. The van der Waals surface area contributed by atoms with Crippen molar-refractivity contribution in [1.29, 1.82) is 5.26 Å². The van der Waals surface area contributed by atoms with Crippen molar-refractivity contribution < 1.29 is 14.3 Å². The third-order valence-electron chi connectivity index (χ3n) is 4.87. The van der Waals surface area contributed by atoms with E-state index in [9.17, 15) is 14.9 Å². The standard InChI is InChI=1S/C23H20ClN5O4/c1-13-5-6-16(10-19(13)24)29-23(31)18(11-25)14(2)21(28-29)22(30)27-26-12-15-9-17(32-3)7-8-20(15)33-4/h5-10,12H,1-4H3,(H,27,30)/b26-12+. The number of rotatable bonds is 6. The predicted octanol–water partition coefficient (Wildman–Crippen LogP) is 3.16. The Labute approximate surface area is 194 Å². The Kier molecular flexibility index (Phi) is 7.10. The number of hydrogen-bond donors (Lipinski definition) is 1. The van der Waals surface area contributed by atoms with Crippen LogP contribution in [0.2, 0.25) is 5.02 Å². The Balaban J connectivity index is 1.98. The fourth-order valence-electron chi connectivity index (χ4n) is 2.99. The molecule has 3 rings (SSSR count). The molecule has 0 saturated heterocycles. The average molecular weight is 466 g/mol. The number of hydrogen-bond acceptors (Lipinski definition) is 7. The van der Waals surface area contributed by atoms with Crippen LogP contribution in [0.1, 0.15) is 32.7 Å². The van der Waals surface area contributed by atoms with E-state index < -0.39 is 11.5 Å². The van der Waals surface area contributed by atoms with Crippen LogP contribution in [0.4, 0.5) is 0 Å². The second kappa shape index (κ2) is 9.97. The highest BCUT2D eigenvalue weighted by Gasteiger charge is 2.20. The molecule has 0 radical (unpaired) electrons. The molecule has 0 fully saturated rings. The minimum atomic E-state index is -0.700. The van der Waals surface area contributed by atoms with Gasteiger partial charge in [0, 0.05) is 16.1 Å². The zero-order chi connectivity index (χ0) is 24.1. The van der Waals surface area contributed by atoms with Crippen molar-refractivity contribution in [3.05, 3.63) is 79.7 Å². The SMILES string of the molecule is COc1ccc(OC)c(/C=N/NC(=O)c2nn(-c3ccc(C)c(Cl)c3)c(=O)c(C#N)c2C)c1. The lowest BCUT2D eigenvalue weighted by Crippen LogP contribution is -2.31. The normalized spacial score (nSPS) is 10.7. The van der Waals surface area contributed by atoms with Crippen LogP contribution < -0.4 is 20.5 Å². The number of nitrogens with zero attached hydrogens (tertiary/aromatic N) is 4. The van der Waals surface area contributed by atoms with Gasteiger partial charge in [-0.2, -0.15) is 20.1 Å². The van der Waals surface area contributed by atoms with E-state index in [0.717, 1.165) is 10.2 Å². The number of halogens is 1. The molecule has 1 heterocycles. The van der Waals surface area contributed by atoms with Gasteiger partial charge in [0.2, 0.25) is 0 Å². The van der Waals surface area contributed by atoms with Crippen molar-refractivity contribution in [1.82, 2.24) is 15.2 Å². The minimum absolute atomic E-state index is 0.127. The Morgan fingerprint density at radius 1 is 1.21 bits per heavy atom. The van der Waals surface area contributed by atoms with Crippen molar-refractivity contribution in [2.75, 3.05) is 14.2 Å². The van der Waals surface area contributed by atoms with E-state index in [4.69, 9.17) is 21.1 Å². The summed E-state index contributed by atoms with van der Waals surface area (Å²) in [5.41, 5.74) is 3.22. The monoisotopic (exact) mass is 465 g/mol. The molecule has 0 atom stereocenters. The Morgan fingerprint density at radius 2 is 1.97 bits per heavy atom. The zero-order valence-electron chi connectivity index (χ0n) is 18.3. The lowest BCUT2D eigenvalue weighted by molar-refractivity contribution is 0.0947. The summed E-state index contributed by atoms with van der Waals surface area (Å²) in [5, 5.41) is 18.1. The third kappa shape index (κ3) is 4.86. The van der Waals surface area contributed by atoms with Gasteiger partial charge in [-0.05, 0) is 49.7 Å². The number of methoxy groups -OCH3 is 2. The van der Waals surface area contributed by atoms with Crippen LogP contribution in [0.3, 0.4) is 0 Å². The zero-order valence-corrected chi connectivity index (χ0v) is 19.1. The summed E-state index contributed by atoms with van der Waals surface area (Å²) < 4.78 is 11.4. The van der Waals surface area contributed by atoms with Crippen LogP contribution in [0, 0.1) is 25.2 Å². The first-order valence-corrected chi connectivity index (χ1v) is 10.0. The fraction of sp³-hybridized carbons (Fsp3) is 0.174. The third-order valence-corrected chi connectivity index (χ3v) is 5.28. The molecule has 2 aromatic carbocycles. The van der Waals surface area contributed by atoms with E-state index in [1.165, 1.54) is 33.4 Å². The molecule has 0 unspecified atom stereocenters. The van der Waals surface area contributed by atoms with Crippen LogP contribution in [-0.4, -0.2) is 36.1 Å². The van der Waals surface area contributed by atoms with Crippen LogP contribution in [0.15, 0.2) is 46.3 Å². The van der Waals surface area contributed by atoms with E-state index in [1.54, 1.807) is 30.3 Å². The summed E-state index contributed by atoms with van der Waals surface area (Å²) in [6.45, 7) is 3.29. The number of carbonyl (C=O) groups is 1. The van der Waals surface area contributed by atoms with Gasteiger partial charge in [0.25, 0.3) is 11.5 Å². The topological polar surface area (TPSA) is 119 Å². The van der Waals surface area contributed by atoms with Gasteiger partial charge in [-0.3, -0.25) is 9.59 Å². The highest BCUT2D eigenvalue weighted by molar-refractivity contribution is 6.31. The summed E-state index contributed by atoms with van der Waals surface area (Å²) in [6.07, 6.45) is 1.38. The first-order chi connectivity index (χ1) is 15.8. The van der Waals surface area contributed by atoms with Crippen molar-refractivity contribution >= 4 is 23.7 Å². The molecule has 33 heavy (non-hydrogen) atoms. The highest BCUT2D eigenvalue weighted by Crippen LogP contribution is 2.22. The number of carbonyl (C=O) groups excluding carboxylic acids is 1. The summed E-state index contributed by atoms with van der Waals surface area (Å²) >= 11 is 6.17. The van der Waals surface area contributed by atoms with Crippen LogP contribution in [-0.2, 0) is 0 Å². The summed E-state index contributed by atoms with van der Waals surface area (Å²) in [5.74, 6) is 0.414. The molecule has 0 spiro atoms. The molecule has 1 aromatic heterocycles. The average Bonchev–Trinajstić information content (AvgIpc) is 2.81. The molecule has 0 aliphatic carbocycles. The summed E-state index contributed by atoms with van der Waals surface area (Å²) in [7, 11) is 3.04. The van der Waals surface area contributed by atoms with Crippen molar-refractivity contribution in [3.8, 4) is 23.3 Å². The number of ether oxygens (including phenoxy) is 2. The molecule has 3 aromatic rings. The number of hydrazone groups is 1. The number of nitrogens with one attached hydrogen (secondary N) is 1. The number of nitriles is 1. The lowest BCUT2D eigenvalue weighted by Gasteiger charge is -2.11. The van der Waals surface area contributed by atoms with E-state index in [2.05, 4.69) is 15.6 Å². The summed E-state index contributed by atoms with van der Waals surface area (Å²) in [6, 6.07) is 11.8. The Bertz CT molecular complexity index is 1360. The van der Waals surface area contributed by atoms with Crippen molar-refractivity contribution in [2.45, 2.75) is 13.8 Å². The summed E-state index contributed by atoms with van der Waals surface area (Å²) in [4.78, 5) is 25.6. The van der Waals surface area contributed by atoms with Gasteiger partial charge in [0.15, 0.2) is 5.69 Å². The molecule has 1 N–H and O–H groups in total. The maximum Gasteiger partial charge on any atom is 0.292 e. The maximum atomic E-state index is 12.8. The van der Waals surface area contributed by atoms with Crippen molar-refractivity contribution in [3.63, 3.8) is 0 Å². The molecule has 168 valence electrons. The van der Waals surface area contributed by atoms with E-state index in [0.29, 0.717) is 27.8 Å².